The molecule has 16 heteroatoms. The number of piperidine rings is 1. The van der Waals surface area contributed by atoms with E-state index in [1.54, 1.807) is 14.2 Å². The molecule has 65 heavy (non-hydrogen) atoms. The standard InChI is InChI=1S/C49H61F4N7O4Si/c1-32-26-39(59(28-33-13-17-35(61-5)18-14-33)29-34-15-19-36(62-6)20-16-34)55-43(40(32)49(51,52)53)44-41(50)42-38(27-54-44)45(58-23-9-12-37(30-58)64-65(7,8)47(2,3)4)57-46(56-42)63-31-48-21-10-24-60(48)25-11-22-48/h13-20,26-27,37H,9-12,21-25,28-31H2,1-8H3. The normalized spacial score (nSPS) is 18.0. The zero-order chi connectivity index (χ0) is 46.3. The van der Waals surface area contributed by atoms with Gasteiger partial charge in [0.05, 0.1) is 36.8 Å². The van der Waals surface area contributed by atoms with Gasteiger partial charge < -0.3 is 28.4 Å². The number of pyridine rings is 2. The fourth-order valence-corrected chi connectivity index (χ4v) is 10.8. The number of methoxy groups -OCH3 is 2. The van der Waals surface area contributed by atoms with E-state index in [-0.39, 0.29) is 58.1 Å². The van der Waals surface area contributed by atoms with Crippen LogP contribution in [0.25, 0.3) is 22.3 Å². The van der Waals surface area contributed by atoms with Crippen LogP contribution in [0.1, 0.15) is 81.5 Å². The molecule has 5 aromatic rings. The van der Waals surface area contributed by atoms with Crippen LogP contribution >= 0.6 is 0 Å². The molecule has 0 N–H and O–H groups in total. The smallest absolute Gasteiger partial charge is 0.418 e. The first-order valence-corrected chi connectivity index (χ1v) is 25.6. The third kappa shape index (κ3) is 9.76. The number of halogens is 4. The minimum Gasteiger partial charge on any atom is -0.497 e. The minimum absolute atomic E-state index is 0.00349. The molecule has 0 saturated carbocycles. The molecule has 1 atom stereocenters. The van der Waals surface area contributed by atoms with Gasteiger partial charge in [0.15, 0.2) is 14.1 Å². The summed E-state index contributed by atoms with van der Waals surface area (Å²) >= 11 is 0. The van der Waals surface area contributed by atoms with Crippen LogP contribution < -0.4 is 24.0 Å². The van der Waals surface area contributed by atoms with Gasteiger partial charge in [0.1, 0.15) is 46.6 Å². The molecule has 0 radical (unpaired) electrons. The molecule has 0 spiro atoms. The number of ether oxygens (including phenoxy) is 3. The number of aromatic nitrogens is 4. The average molecular weight is 916 g/mol. The largest absolute Gasteiger partial charge is 0.497 e. The fraction of sp³-hybridized carbons (Fsp3) is 0.510. The van der Waals surface area contributed by atoms with E-state index in [1.165, 1.54) is 19.2 Å². The second-order valence-corrected chi connectivity index (χ2v) is 24.1. The van der Waals surface area contributed by atoms with E-state index in [0.29, 0.717) is 37.0 Å². The summed E-state index contributed by atoms with van der Waals surface area (Å²) in [4.78, 5) is 25.1. The molecule has 348 valence electrons. The van der Waals surface area contributed by atoms with Gasteiger partial charge in [-0.3, -0.25) is 9.88 Å². The Hall–Kier alpha value is -5.06. The molecule has 3 saturated heterocycles. The van der Waals surface area contributed by atoms with E-state index in [0.717, 1.165) is 62.7 Å². The number of benzene rings is 2. The van der Waals surface area contributed by atoms with E-state index in [1.807, 2.05) is 53.4 Å². The van der Waals surface area contributed by atoms with Crippen molar-refractivity contribution in [3.63, 3.8) is 0 Å². The second kappa shape index (κ2) is 18.3. The first kappa shape index (κ1) is 46.5. The fourth-order valence-electron chi connectivity index (χ4n) is 9.44. The maximum atomic E-state index is 17.6. The van der Waals surface area contributed by atoms with Crippen LogP contribution in [0.15, 0.2) is 60.8 Å². The molecule has 0 amide bonds. The van der Waals surface area contributed by atoms with Gasteiger partial charge >= 0.3 is 12.2 Å². The van der Waals surface area contributed by atoms with E-state index in [9.17, 15) is 0 Å². The first-order valence-electron chi connectivity index (χ1n) is 22.6. The molecule has 3 aliphatic heterocycles. The number of hydrogen-bond donors (Lipinski definition) is 0. The van der Waals surface area contributed by atoms with Crippen LogP contribution in [-0.4, -0.2) is 91.8 Å². The molecule has 1 unspecified atom stereocenters. The highest BCUT2D eigenvalue weighted by atomic mass is 28.4. The third-order valence-corrected chi connectivity index (χ3v) is 18.5. The lowest BCUT2D eigenvalue weighted by Gasteiger charge is -2.42. The van der Waals surface area contributed by atoms with Crippen LogP contribution in [0.2, 0.25) is 18.1 Å². The zero-order valence-corrected chi connectivity index (χ0v) is 39.8. The van der Waals surface area contributed by atoms with Crippen LogP contribution in [0.3, 0.4) is 0 Å². The molecule has 3 aliphatic rings. The Morgan fingerprint density at radius 1 is 0.831 bits per heavy atom. The Morgan fingerprint density at radius 3 is 2.02 bits per heavy atom. The zero-order valence-electron chi connectivity index (χ0n) is 38.8. The summed E-state index contributed by atoms with van der Waals surface area (Å²) in [7, 11) is 1.01. The Morgan fingerprint density at radius 2 is 1.45 bits per heavy atom. The highest BCUT2D eigenvalue weighted by Crippen LogP contribution is 2.44. The summed E-state index contributed by atoms with van der Waals surface area (Å²) in [6.07, 6.45) is 2.14. The van der Waals surface area contributed by atoms with Gasteiger partial charge in [-0.25, -0.2) is 9.37 Å². The summed E-state index contributed by atoms with van der Waals surface area (Å²) in [5, 5.41) is 0.270. The lowest BCUT2D eigenvalue weighted by molar-refractivity contribution is -0.137. The molecule has 6 heterocycles. The van der Waals surface area contributed by atoms with Gasteiger partial charge in [0.25, 0.3) is 0 Å². The van der Waals surface area contributed by atoms with Crippen LogP contribution in [0.5, 0.6) is 17.5 Å². The van der Waals surface area contributed by atoms with Crippen molar-refractivity contribution in [3.8, 4) is 28.9 Å². The maximum Gasteiger partial charge on any atom is 0.418 e. The van der Waals surface area contributed by atoms with Gasteiger partial charge in [-0.1, -0.05) is 45.0 Å². The molecular weight excluding hydrogens is 855 g/mol. The van der Waals surface area contributed by atoms with E-state index < -0.39 is 37.3 Å². The van der Waals surface area contributed by atoms with Gasteiger partial charge in [-0.05, 0) is 124 Å². The van der Waals surface area contributed by atoms with E-state index in [4.69, 9.17) is 23.6 Å². The van der Waals surface area contributed by atoms with Crippen molar-refractivity contribution in [3.05, 3.63) is 88.9 Å². The quantitative estimate of drug-likeness (QED) is 0.0787. The molecule has 0 bridgehead atoms. The molecule has 0 aliphatic carbocycles. The Bertz CT molecular complexity index is 2420. The van der Waals surface area contributed by atoms with Crippen molar-refractivity contribution in [2.45, 2.75) is 115 Å². The van der Waals surface area contributed by atoms with E-state index in [2.05, 4.69) is 58.6 Å². The number of hydrogen-bond acceptors (Lipinski definition) is 11. The van der Waals surface area contributed by atoms with Crippen molar-refractivity contribution >= 4 is 30.9 Å². The number of alkyl halides is 3. The highest BCUT2D eigenvalue weighted by molar-refractivity contribution is 6.74. The number of aryl methyl sites for hydroxylation is 1. The Balaban J connectivity index is 1.24. The number of fused-ring (bicyclic) bond motifs is 2. The minimum atomic E-state index is -4.89. The van der Waals surface area contributed by atoms with Crippen molar-refractivity contribution < 1.29 is 36.2 Å². The predicted molar refractivity (Wildman–Crippen MR) is 248 cm³/mol. The molecular formula is C49H61F4N7O4Si. The summed E-state index contributed by atoms with van der Waals surface area (Å²) in [5.41, 5.74) is -1.00. The molecule has 3 fully saturated rings. The lowest BCUT2D eigenvalue weighted by Crippen LogP contribution is -2.49. The highest BCUT2D eigenvalue weighted by Gasteiger charge is 2.46. The monoisotopic (exact) mass is 915 g/mol. The predicted octanol–water partition coefficient (Wildman–Crippen LogP) is 10.8. The van der Waals surface area contributed by atoms with Crippen molar-refractivity contribution in [1.82, 2.24) is 24.8 Å². The summed E-state index contributed by atoms with van der Waals surface area (Å²) < 4.78 is 87.5. The molecule has 2 aromatic carbocycles. The molecule has 11 nitrogen and oxygen atoms in total. The summed E-state index contributed by atoms with van der Waals surface area (Å²) in [5.74, 6) is 0.924. The van der Waals surface area contributed by atoms with Gasteiger partial charge in [-0.2, -0.15) is 23.1 Å². The number of anilines is 2. The number of nitrogens with zero attached hydrogens (tertiary/aromatic N) is 7. The van der Waals surface area contributed by atoms with Crippen LogP contribution in [0, 0.1) is 12.7 Å². The Labute approximate surface area is 380 Å². The SMILES string of the molecule is COc1ccc(CN(Cc2ccc(OC)cc2)c2cc(C)c(C(F)(F)F)c(-c3ncc4c(N5CCCC(O[Si](C)(C)C(C)(C)C)C5)nc(OCC56CCCN5CCC6)nc4c3F)n2)cc1. The molecule has 3 aromatic heterocycles. The average Bonchev–Trinajstić information content (AvgIpc) is 3.86. The maximum absolute atomic E-state index is 17.6. The summed E-state index contributed by atoms with van der Waals surface area (Å²) in [6, 6.07) is 16.2. The van der Waals surface area contributed by atoms with Gasteiger partial charge in [-0.15, -0.1) is 0 Å². The van der Waals surface area contributed by atoms with Crippen molar-refractivity contribution in [2.75, 3.05) is 56.8 Å². The van der Waals surface area contributed by atoms with Crippen molar-refractivity contribution in [2.24, 2.45) is 0 Å². The lowest BCUT2D eigenvalue weighted by atomic mass is 9.95. The number of rotatable bonds is 14. The van der Waals surface area contributed by atoms with Crippen molar-refractivity contribution in [1.29, 1.82) is 0 Å². The molecule has 8 rings (SSSR count). The van der Waals surface area contributed by atoms with E-state index >= 15 is 17.6 Å². The first-order chi connectivity index (χ1) is 30.9. The Kier molecular flexibility index (Phi) is 13.1. The summed E-state index contributed by atoms with van der Waals surface area (Å²) in [6.45, 7) is 16.4. The second-order valence-electron chi connectivity index (χ2n) is 19.4. The van der Waals surface area contributed by atoms with Gasteiger partial charge in [0, 0.05) is 32.4 Å². The third-order valence-electron chi connectivity index (χ3n) is 14.0. The topological polar surface area (TPSA) is 98.2 Å². The van der Waals surface area contributed by atoms with Gasteiger partial charge in [0.2, 0.25) is 0 Å². The van der Waals surface area contributed by atoms with Crippen LogP contribution in [-0.2, 0) is 23.7 Å². The van der Waals surface area contributed by atoms with Crippen LogP contribution in [0.4, 0.5) is 29.2 Å².